The fourth-order valence-corrected chi connectivity index (χ4v) is 2.05. The Morgan fingerprint density at radius 2 is 1.89 bits per heavy atom. The van der Waals surface area contributed by atoms with E-state index in [1.807, 2.05) is 18.2 Å². The molecule has 1 radical (unpaired) electrons. The maximum absolute atomic E-state index is 10.5. The van der Waals surface area contributed by atoms with Crippen molar-refractivity contribution in [2.45, 2.75) is 46.0 Å². The van der Waals surface area contributed by atoms with Crippen LogP contribution in [0.1, 0.15) is 45.1 Å². The third-order valence-electron chi connectivity index (χ3n) is 3.04. The van der Waals surface area contributed by atoms with Crippen molar-refractivity contribution in [3.63, 3.8) is 0 Å². The summed E-state index contributed by atoms with van der Waals surface area (Å²) >= 11 is 0. The minimum Gasteiger partial charge on any atom is -0.491 e. The summed E-state index contributed by atoms with van der Waals surface area (Å²) < 4.78 is 5.47. The van der Waals surface area contributed by atoms with Gasteiger partial charge in [0, 0.05) is 0 Å². The molecule has 101 valence electrons. The number of benzene rings is 1. The summed E-state index contributed by atoms with van der Waals surface area (Å²) in [6.07, 6.45) is 6.14. The van der Waals surface area contributed by atoms with Gasteiger partial charge in [-0.1, -0.05) is 51.3 Å². The Morgan fingerprint density at radius 1 is 1.11 bits per heavy atom. The Balaban J connectivity index is 2.32. The largest absolute Gasteiger partial charge is 0.491 e. The first-order valence-corrected chi connectivity index (χ1v) is 7.03. The van der Waals surface area contributed by atoms with Crippen LogP contribution in [-0.4, -0.2) is 13.2 Å². The van der Waals surface area contributed by atoms with Gasteiger partial charge in [0.2, 0.25) is 0 Å². The van der Waals surface area contributed by atoms with Crippen LogP contribution in [0.25, 0.3) is 0 Å². The Labute approximate surface area is 111 Å². The standard InChI is InChI=1S/C16H25O2/c1-14(2)8-4-3-5-9-15-10-6-7-11-16(15)18-13-12-17/h6-7,10-11,14H,3-5,8-9,12-13H2,1-2H3. The number of hydrogen-bond acceptors (Lipinski definition) is 1. The smallest absolute Gasteiger partial charge is 0.122 e. The van der Waals surface area contributed by atoms with Crippen LogP contribution in [0.3, 0.4) is 0 Å². The molecule has 0 aromatic heterocycles. The van der Waals surface area contributed by atoms with E-state index >= 15 is 0 Å². The van der Waals surface area contributed by atoms with Gasteiger partial charge in [-0.3, -0.25) is 0 Å². The predicted octanol–water partition coefficient (Wildman–Crippen LogP) is 4.25. The molecule has 1 aromatic rings. The number of hydrogen-bond donors (Lipinski definition) is 0. The quantitative estimate of drug-likeness (QED) is 0.601. The van der Waals surface area contributed by atoms with Crippen LogP contribution in [0.4, 0.5) is 0 Å². The van der Waals surface area contributed by atoms with Crippen molar-refractivity contribution in [3.05, 3.63) is 29.8 Å². The van der Waals surface area contributed by atoms with E-state index in [0.29, 0.717) is 0 Å². The zero-order valence-electron chi connectivity index (χ0n) is 11.7. The normalized spacial score (nSPS) is 10.9. The van der Waals surface area contributed by atoms with Gasteiger partial charge in [-0.05, 0) is 30.4 Å². The van der Waals surface area contributed by atoms with Gasteiger partial charge in [-0.15, -0.1) is 0 Å². The van der Waals surface area contributed by atoms with Gasteiger partial charge in [-0.2, -0.15) is 0 Å². The first-order chi connectivity index (χ1) is 8.74. The highest BCUT2D eigenvalue weighted by Crippen LogP contribution is 2.20. The van der Waals surface area contributed by atoms with Crippen LogP contribution in [0, 0.1) is 5.92 Å². The molecule has 1 aromatic carbocycles. The Bertz CT molecular complexity index is 321. The predicted molar refractivity (Wildman–Crippen MR) is 74.5 cm³/mol. The van der Waals surface area contributed by atoms with E-state index in [1.165, 1.54) is 31.2 Å². The second-order valence-corrected chi connectivity index (χ2v) is 5.15. The van der Waals surface area contributed by atoms with Crippen LogP contribution >= 0.6 is 0 Å². The fraction of sp³-hybridized carbons (Fsp3) is 0.625. The molecular weight excluding hydrogens is 224 g/mol. The molecule has 0 atom stereocenters. The van der Waals surface area contributed by atoms with Crippen molar-refractivity contribution in [1.29, 1.82) is 0 Å². The second-order valence-electron chi connectivity index (χ2n) is 5.15. The Hall–Kier alpha value is -1.02. The summed E-state index contributed by atoms with van der Waals surface area (Å²) in [5.41, 5.74) is 1.23. The van der Waals surface area contributed by atoms with E-state index in [2.05, 4.69) is 19.9 Å². The summed E-state index contributed by atoms with van der Waals surface area (Å²) in [6, 6.07) is 8.05. The minimum absolute atomic E-state index is 0.178. The summed E-state index contributed by atoms with van der Waals surface area (Å²) in [4.78, 5) is 0. The molecule has 1 rings (SSSR count). The zero-order valence-corrected chi connectivity index (χ0v) is 11.7. The van der Waals surface area contributed by atoms with Gasteiger partial charge in [0.1, 0.15) is 19.0 Å². The summed E-state index contributed by atoms with van der Waals surface area (Å²) in [7, 11) is 0. The summed E-state index contributed by atoms with van der Waals surface area (Å²) in [5, 5.41) is 10.5. The molecule has 0 saturated carbocycles. The van der Waals surface area contributed by atoms with Crippen molar-refractivity contribution < 1.29 is 9.84 Å². The number of para-hydroxylation sites is 1. The highest BCUT2D eigenvalue weighted by atomic mass is 16.5. The number of ether oxygens (including phenoxy) is 1. The van der Waals surface area contributed by atoms with E-state index in [-0.39, 0.29) is 13.2 Å². The Morgan fingerprint density at radius 3 is 2.61 bits per heavy atom. The van der Waals surface area contributed by atoms with Crippen LogP contribution in [0.15, 0.2) is 24.3 Å². The van der Waals surface area contributed by atoms with E-state index in [1.54, 1.807) is 0 Å². The molecule has 0 aliphatic carbocycles. The number of rotatable bonds is 9. The average molecular weight is 249 g/mol. The van der Waals surface area contributed by atoms with Crippen molar-refractivity contribution >= 4 is 0 Å². The Kier molecular flexibility index (Phi) is 7.51. The van der Waals surface area contributed by atoms with Crippen molar-refractivity contribution in [3.8, 4) is 5.75 Å². The molecule has 18 heavy (non-hydrogen) atoms. The first-order valence-electron chi connectivity index (χ1n) is 7.03. The van der Waals surface area contributed by atoms with Crippen molar-refractivity contribution in [1.82, 2.24) is 0 Å². The third-order valence-corrected chi connectivity index (χ3v) is 3.04. The molecular formula is C16H25O2. The molecule has 0 bridgehead atoms. The lowest BCUT2D eigenvalue weighted by Crippen LogP contribution is -2.03. The van der Waals surface area contributed by atoms with Gasteiger partial charge >= 0.3 is 0 Å². The lowest BCUT2D eigenvalue weighted by atomic mass is 10.0. The molecule has 0 fully saturated rings. The maximum Gasteiger partial charge on any atom is 0.122 e. The number of unbranched alkanes of at least 4 members (excludes halogenated alkanes) is 2. The minimum atomic E-state index is -0.178. The average Bonchev–Trinajstić information content (AvgIpc) is 2.36. The van der Waals surface area contributed by atoms with Crippen LogP contribution in [0.2, 0.25) is 0 Å². The van der Waals surface area contributed by atoms with E-state index < -0.39 is 0 Å². The fourth-order valence-electron chi connectivity index (χ4n) is 2.05. The molecule has 0 saturated heterocycles. The summed E-state index contributed by atoms with van der Waals surface area (Å²) in [5.74, 6) is 1.69. The van der Waals surface area contributed by atoms with Gasteiger partial charge < -0.3 is 4.74 Å². The molecule has 2 nitrogen and oxygen atoms in total. The molecule has 0 N–H and O–H groups in total. The molecule has 0 aliphatic rings. The van der Waals surface area contributed by atoms with Gasteiger partial charge in [0.15, 0.2) is 0 Å². The third kappa shape index (κ3) is 6.06. The van der Waals surface area contributed by atoms with Crippen molar-refractivity contribution in [2.75, 3.05) is 13.2 Å². The van der Waals surface area contributed by atoms with Crippen LogP contribution in [0.5, 0.6) is 5.75 Å². The lowest BCUT2D eigenvalue weighted by molar-refractivity contribution is 0.137. The molecule has 0 unspecified atom stereocenters. The van der Waals surface area contributed by atoms with E-state index in [0.717, 1.165) is 18.1 Å². The SMILES string of the molecule is CC(C)CCCCCc1ccccc1OCC[O]. The van der Waals surface area contributed by atoms with Gasteiger partial charge in [-0.25, -0.2) is 5.11 Å². The molecule has 0 aliphatic heterocycles. The first kappa shape index (κ1) is 15.0. The van der Waals surface area contributed by atoms with E-state index in [9.17, 15) is 5.11 Å². The van der Waals surface area contributed by atoms with Crippen LogP contribution < -0.4 is 4.74 Å². The topological polar surface area (TPSA) is 29.1 Å². The summed E-state index contributed by atoms with van der Waals surface area (Å²) in [6.45, 7) is 4.63. The van der Waals surface area contributed by atoms with Gasteiger partial charge in [0.05, 0.1) is 0 Å². The highest BCUT2D eigenvalue weighted by molar-refractivity contribution is 5.33. The molecule has 0 spiro atoms. The molecule has 0 amide bonds. The van der Waals surface area contributed by atoms with Gasteiger partial charge in [0.25, 0.3) is 0 Å². The highest BCUT2D eigenvalue weighted by Gasteiger charge is 2.03. The number of aryl methyl sites for hydroxylation is 1. The zero-order chi connectivity index (χ0) is 13.2. The molecule has 2 heteroatoms. The monoisotopic (exact) mass is 249 g/mol. The van der Waals surface area contributed by atoms with Crippen molar-refractivity contribution in [2.24, 2.45) is 5.92 Å². The van der Waals surface area contributed by atoms with Crippen LogP contribution in [-0.2, 0) is 11.5 Å². The molecule has 0 heterocycles. The maximum atomic E-state index is 10.5. The lowest BCUT2D eigenvalue weighted by Gasteiger charge is -2.10. The second kappa shape index (κ2) is 8.98. The van der Waals surface area contributed by atoms with E-state index in [4.69, 9.17) is 4.74 Å².